The molecule has 1 N–H and O–H groups in total. The zero-order valence-corrected chi connectivity index (χ0v) is 17.5. The van der Waals surface area contributed by atoms with Crippen LogP contribution in [-0.2, 0) is 19.6 Å². The van der Waals surface area contributed by atoms with Crippen molar-refractivity contribution in [3.8, 4) is 17.1 Å². The van der Waals surface area contributed by atoms with Crippen LogP contribution in [0.25, 0.3) is 11.4 Å². The van der Waals surface area contributed by atoms with Crippen LogP contribution in [0.5, 0.6) is 5.75 Å². The Morgan fingerprint density at radius 3 is 2.63 bits per heavy atom. The molecule has 0 saturated carbocycles. The molecule has 1 saturated heterocycles. The van der Waals surface area contributed by atoms with E-state index in [9.17, 15) is 17.2 Å². The van der Waals surface area contributed by atoms with Crippen molar-refractivity contribution >= 4 is 16.5 Å². The molecule has 2 aromatic rings. The van der Waals surface area contributed by atoms with Gasteiger partial charge in [-0.2, -0.15) is 0 Å². The lowest BCUT2D eigenvalue weighted by Crippen LogP contribution is -2.32. The van der Waals surface area contributed by atoms with Gasteiger partial charge in [0.15, 0.2) is 11.6 Å². The van der Waals surface area contributed by atoms with Crippen LogP contribution < -0.4 is 4.74 Å². The minimum absolute atomic E-state index is 0.108. The van der Waals surface area contributed by atoms with Gasteiger partial charge in [0.1, 0.15) is 11.6 Å². The van der Waals surface area contributed by atoms with Gasteiger partial charge in [0.2, 0.25) is 10.0 Å². The van der Waals surface area contributed by atoms with Crippen LogP contribution in [0, 0.1) is 17.6 Å². The maximum atomic E-state index is 14.5. The molecular formula is C18H23F2N3O6S. The van der Waals surface area contributed by atoms with E-state index in [0.29, 0.717) is 0 Å². The van der Waals surface area contributed by atoms with Gasteiger partial charge in [-0.05, 0) is 12.1 Å². The highest BCUT2D eigenvalue weighted by atomic mass is 32.2. The minimum Gasteiger partial charge on any atom is -0.496 e. The molecule has 1 aromatic carbocycles. The highest BCUT2D eigenvalue weighted by molar-refractivity contribution is 7.89. The van der Waals surface area contributed by atoms with E-state index in [1.807, 2.05) is 0 Å². The smallest absolute Gasteiger partial charge is 0.290 e. The topological polar surface area (TPSA) is 111 Å². The maximum absolute atomic E-state index is 14.5. The van der Waals surface area contributed by atoms with Gasteiger partial charge in [-0.25, -0.2) is 26.5 Å². The van der Waals surface area contributed by atoms with Crippen LogP contribution in [0.1, 0.15) is 6.04 Å². The molecule has 2 heterocycles. The summed E-state index contributed by atoms with van der Waals surface area (Å²) >= 11 is 0. The number of carboxylic acid groups (broad SMARTS) is 1. The molecule has 2 atom stereocenters. The van der Waals surface area contributed by atoms with Crippen molar-refractivity contribution in [2.24, 2.45) is 5.92 Å². The highest BCUT2D eigenvalue weighted by Crippen LogP contribution is 2.37. The Hall–Kier alpha value is -2.57. The number of halogens is 2. The molecule has 166 valence electrons. The minimum atomic E-state index is -3.45. The summed E-state index contributed by atoms with van der Waals surface area (Å²) in [5.74, 6) is -2.27. The number of hydrogen-bond acceptors (Lipinski definition) is 6. The monoisotopic (exact) mass is 447 g/mol. The molecule has 1 fully saturated rings. The number of aromatic nitrogens is 2. The lowest BCUT2D eigenvalue weighted by atomic mass is 10.0. The fourth-order valence-electron chi connectivity index (χ4n) is 3.16. The number of ether oxygens (including phenoxy) is 2. The Balaban J connectivity index is 0.00000101. The first-order valence-corrected chi connectivity index (χ1v) is 10.4. The van der Waals surface area contributed by atoms with E-state index >= 15 is 0 Å². The van der Waals surface area contributed by atoms with E-state index in [1.165, 1.54) is 33.5 Å². The predicted molar refractivity (Wildman–Crippen MR) is 104 cm³/mol. The van der Waals surface area contributed by atoms with Gasteiger partial charge < -0.3 is 19.1 Å². The number of rotatable bonds is 6. The van der Waals surface area contributed by atoms with Crippen LogP contribution in [-0.4, -0.2) is 74.0 Å². The van der Waals surface area contributed by atoms with Crippen LogP contribution in [0.2, 0.25) is 0 Å². The van der Waals surface area contributed by atoms with Gasteiger partial charge in [0, 0.05) is 32.4 Å². The fourth-order valence-corrected chi connectivity index (χ4v) is 4.32. The second-order valence-electron chi connectivity index (χ2n) is 6.63. The first kappa shape index (κ1) is 23.7. The molecule has 0 spiro atoms. The molecule has 0 bridgehead atoms. The first-order chi connectivity index (χ1) is 14.2. The van der Waals surface area contributed by atoms with E-state index in [2.05, 4.69) is 4.98 Å². The third-order valence-corrected chi connectivity index (χ3v) is 6.63. The summed E-state index contributed by atoms with van der Waals surface area (Å²) in [6, 6.07) is 1.92. The van der Waals surface area contributed by atoms with E-state index in [-0.39, 0.29) is 54.5 Å². The van der Waals surface area contributed by atoms with Crippen LogP contribution in [0.4, 0.5) is 8.78 Å². The SMILES string of the molecule is COc1ccc(F)c(F)c1-c1nccn1[C@@H]1COC[C@@H]1CS(=O)(=O)N(C)C.O=CO. The summed E-state index contributed by atoms with van der Waals surface area (Å²) in [5.41, 5.74) is -0.108. The summed E-state index contributed by atoms with van der Waals surface area (Å²) in [6.45, 7) is 0.244. The van der Waals surface area contributed by atoms with Crippen LogP contribution >= 0.6 is 0 Å². The molecule has 1 aromatic heterocycles. The van der Waals surface area contributed by atoms with Gasteiger partial charge in [-0.15, -0.1) is 0 Å². The Morgan fingerprint density at radius 2 is 2.03 bits per heavy atom. The van der Waals surface area contributed by atoms with Gasteiger partial charge >= 0.3 is 0 Å². The number of methoxy groups -OCH3 is 1. The predicted octanol–water partition coefficient (Wildman–Crippen LogP) is 1.62. The third kappa shape index (κ3) is 4.94. The third-order valence-electron chi connectivity index (χ3n) is 4.67. The molecule has 0 radical (unpaired) electrons. The molecule has 3 rings (SSSR count). The van der Waals surface area contributed by atoms with Crippen LogP contribution in [0.3, 0.4) is 0 Å². The first-order valence-electron chi connectivity index (χ1n) is 8.78. The van der Waals surface area contributed by atoms with E-state index in [4.69, 9.17) is 19.4 Å². The maximum Gasteiger partial charge on any atom is 0.290 e. The van der Waals surface area contributed by atoms with Gasteiger partial charge in [0.05, 0.1) is 37.7 Å². The fraction of sp³-hybridized carbons (Fsp3) is 0.444. The molecule has 0 unspecified atom stereocenters. The molecule has 1 aliphatic rings. The van der Waals surface area contributed by atoms with Crippen LogP contribution in [0.15, 0.2) is 24.5 Å². The summed E-state index contributed by atoms with van der Waals surface area (Å²) in [7, 11) is 0.842. The lowest BCUT2D eigenvalue weighted by molar-refractivity contribution is -0.122. The summed E-state index contributed by atoms with van der Waals surface area (Å²) < 4.78 is 66.3. The number of benzene rings is 1. The van der Waals surface area contributed by atoms with E-state index in [1.54, 1.807) is 10.8 Å². The lowest BCUT2D eigenvalue weighted by Gasteiger charge is -2.23. The summed E-state index contributed by atoms with van der Waals surface area (Å²) in [5, 5.41) is 6.89. The second kappa shape index (κ2) is 9.96. The van der Waals surface area contributed by atoms with Crippen molar-refractivity contribution in [3.05, 3.63) is 36.2 Å². The van der Waals surface area contributed by atoms with Crippen molar-refractivity contribution in [1.29, 1.82) is 0 Å². The quantitative estimate of drug-likeness (QED) is 0.670. The zero-order chi connectivity index (χ0) is 22.5. The number of carbonyl (C=O) groups is 1. The molecule has 12 heteroatoms. The average Bonchev–Trinajstić information content (AvgIpc) is 3.33. The standard InChI is InChI=1S/C17H21F2N3O4S.CH2O2/c1-21(2)27(23,24)10-11-8-26-9-13(11)22-7-6-20-17(22)15-14(25-3)5-4-12(18)16(15)19;2-1-3/h4-7,11,13H,8-10H2,1-3H3;1H,(H,2,3)/t11-,13-;/m1./s1. The van der Waals surface area contributed by atoms with Crippen molar-refractivity contribution in [3.63, 3.8) is 0 Å². The molecule has 0 amide bonds. The molecule has 1 aliphatic heterocycles. The summed E-state index contributed by atoms with van der Waals surface area (Å²) in [4.78, 5) is 12.5. The highest BCUT2D eigenvalue weighted by Gasteiger charge is 2.36. The van der Waals surface area contributed by atoms with E-state index in [0.717, 1.165) is 10.4 Å². The summed E-state index contributed by atoms with van der Waals surface area (Å²) in [6.07, 6.45) is 3.06. The normalized spacial score (nSPS) is 18.7. The van der Waals surface area contributed by atoms with Gasteiger partial charge in [-0.1, -0.05) is 0 Å². The Morgan fingerprint density at radius 1 is 1.37 bits per heavy atom. The number of hydrogen-bond donors (Lipinski definition) is 1. The van der Waals surface area contributed by atoms with Crippen molar-refractivity contribution in [1.82, 2.24) is 13.9 Å². The molecule has 30 heavy (non-hydrogen) atoms. The molecule has 9 nitrogen and oxygen atoms in total. The zero-order valence-electron chi connectivity index (χ0n) is 16.7. The van der Waals surface area contributed by atoms with E-state index < -0.39 is 21.7 Å². The van der Waals surface area contributed by atoms with Crippen molar-refractivity contribution in [2.45, 2.75) is 6.04 Å². The van der Waals surface area contributed by atoms with Gasteiger partial charge in [-0.3, -0.25) is 4.79 Å². The molecular weight excluding hydrogens is 424 g/mol. The number of imidazole rings is 1. The Bertz CT molecular complexity index is 980. The van der Waals surface area contributed by atoms with Crippen molar-refractivity contribution < 1.29 is 36.6 Å². The number of nitrogens with zero attached hydrogens (tertiary/aromatic N) is 3. The number of sulfonamides is 1. The molecule has 0 aliphatic carbocycles. The second-order valence-corrected chi connectivity index (χ2v) is 8.86. The largest absolute Gasteiger partial charge is 0.496 e. The Labute approximate surface area is 172 Å². The van der Waals surface area contributed by atoms with Crippen molar-refractivity contribution in [2.75, 3.05) is 40.2 Å². The average molecular weight is 447 g/mol. The van der Waals surface area contributed by atoms with Gasteiger partial charge in [0.25, 0.3) is 6.47 Å². The Kier molecular flexibility index (Phi) is 7.87.